The first-order chi connectivity index (χ1) is 7.33. The summed E-state index contributed by atoms with van der Waals surface area (Å²) in [6.07, 6.45) is 1.08. The molecule has 0 radical (unpaired) electrons. The van der Waals surface area contributed by atoms with Gasteiger partial charge in [0, 0.05) is 25.3 Å². The second-order valence-electron chi connectivity index (χ2n) is 5.44. The third kappa shape index (κ3) is 3.24. The van der Waals surface area contributed by atoms with E-state index in [0.29, 0.717) is 0 Å². The van der Waals surface area contributed by atoms with Gasteiger partial charge < -0.3 is 9.80 Å². The highest BCUT2D eigenvalue weighted by atomic mass is 15.1. The van der Waals surface area contributed by atoms with Crippen molar-refractivity contribution in [1.82, 2.24) is 4.90 Å². The van der Waals surface area contributed by atoms with Crippen LogP contribution in [0.5, 0.6) is 0 Å². The molecule has 0 unspecified atom stereocenters. The summed E-state index contributed by atoms with van der Waals surface area (Å²) in [6.45, 7) is 4.54. The third-order valence-corrected chi connectivity index (χ3v) is 3.30. The fourth-order valence-electron chi connectivity index (χ4n) is 1.57. The maximum atomic E-state index is 2.27. The maximum Gasteiger partial charge on any atom is 0.0361 e. The summed E-state index contributed by atoms with van der Waals surface area (Å²) in [6, 6.07) is 8.81. The average molecular weight is 220 g/mol. The van der Waals surface area contributed by atoms with E-state index < -0.39 is 0 Å². The molecule has 1 rings (SSSR count). The molecule has 0 aliphatic rings. The molecule has 0 saturated heterocycles. The van der Waals surface area contributed by atoms with Crippen molar-refractivity contribution in [2.24, 2.45) is 0 Å². The molecule has 16 heavy (non-hydrogen) atoms. The lowest BCUT2D eigenvalue weighted by Gasteiger charge is -2.32. The van der Waals surface area contributed by atoms with Gasteiger partial charge in [-0.25, -0.2) is 0 Å². The highest BCUT2D eigenvalue weighted by Crippen LogP contribution is 2.19. The molecule has 2 nitrogen and oxygen atoms in total. The summed E-state index contributed by atoms with van der Waals surface area (Å²) in [5, 5.41) is 0. The summed E-state index contributed by atoms with van der Waals surface area (Å²) < 4.78 is 0. The Kier molecular flexibility index (Phi) is 3.98. The van der Waals surface area contributed by atoms with Crippen LogP contribution in [0.15, 0.2) is 24.3 Å². The fraction of sp³-hybridized carbons (Fsp3) is 0.571. The van der Waals surface area contributed by atoms with Gasteiger partial charge in [-0.1, -0.05) is 12.1 Å². The van der Waals surface area contributed by atoms with Crippen LogP contribution in [-0.2, 0) is 6.42 Å². The van der Waals surface area contributed by atoms with E-state index in [2.05, 4.69) is 76.1 Å². The van der Waals surface area contributed by atoms with Gasteiger partial charge in [0.1, 0.15) is 0 Å². The maximum absolute atomic E-state index is 2.27. The molecule has 0 fully saturated rings. The molecule has 1 aromatic rings. The molecule has 0 heterocycles. The summed E-state index contributed by atoms with van der Waals surface area (Å²) in [5.74, 6) is 0. The van der Waals surface area contributed by atoms with Gasteiger partial charge in [0.25, 0.3) is 0 Å². The normalized spacial score (nSPS) is 11.9. The molecule has 0 spiro atoms. The summed E-state index contributed by atoms with van der Waals surface area (Å²) in [4.78, 5) is 4.40. The van der Waals surface area contributed by atoms with Crippen LogP contribution in [0, 0.1) is 0 Å². The van der Waals surface area contributed by atoms with E-state index >= 15 is 0 Å². The van der Waals surface area contributed by atoms with Gasteiger partial charge in [-0.2, -0.15) is 0 Å². The first-order valence-corrected chi connectivity index (χ1v) is 5.76. The van der Waals surface area contributed by atoms with Gasteiger partial charge in [-0.15, -0.1) is 0 Å². The Hall–Kier alpha value is -1.02. The second kappa shape index (κ2) is 4.88. The molecule has 0 aliphatic heterocycles. The first-order valence-electron chi connectivity index (χ1n) is 5.76. The predicted octanol–water partition coefficient (Wildman–Crippen LogP) is 2.64. The molecule has 0 N–H and O–H groups in total. The molecule has 0 aliphatic carbocycles. The highest BCUT2D eigenvalue weighted by Gasteiger charge is 2.20. The molecule has 0 atom stereocenters. The molecule has 2 heteroatoms. The molecule has 0 amide bonds. The lowest BCUT2D eigenvalue weighted by atomic mass is 9.94. The Bertz CT molecular complexity index is 323. The Morgan fingerprint density at radius 1 is 0.938 bits per heavy atom. The minimum Gasteiger partial charge on any atom is -0.378 e. The Balaban J connectivity index is 2.76. The van der Waals surface area contributed by atoms with Crippen molar-refractivity contribution in [3.63, 3.8) is 0 Å². The Labute approximate surface area is 99.9 Å². The molecule has 0 aromatic heterocycles. The molecule has 0 saturated carbocycles. The summed E-state index contributed by atoms with van der Waals surface area (Å²) >= 11 is 0. The molecule has 0 bridgehead atoms. The standard InChI is InChI=1S/C14H24N2/c1-14(2,16(5)6)11-12-7-9-13(10-8-12)15(3)4/h7-10H,11H2,1-6H3. The van der Waals surface area contributed by atoms with Crippen LogP contribution in [-0.4, -0.2) is 38.6 Å². The van der Waals surface area contributed by atoms with E-state index in [-0.39, 0.29) is 5.54 Å². The van der Waals surface area contributed by atoms with Crippen molar-refractivity contribution in [2.75, 3.05) is 33.1 Å². The quantitative estimate of drug-likeness (QED) is 0.769. The number of hydrogen-bond acceptors (Lipinski definition) is 2. The monoisotopic (exact) mass is 220 g/mol. The van der Waals surface area contributed by atoms with Crippen molar-refractivity contribution in [1.29, 1.82) is 0 Å². The molecule has 1 aromatic carbocycles. The lowest BCUT2D eigenvalue weighted by molar-refractivity contribution is 0.195. The predicted molar refractivity (Wildman–Crippen MR) is 72.2 cm³/mol. The average Bonchev–Trinajstić information content (AvgIpc) is 2.17. The molecular formula is C14H24N2. The lowest BCUT2D eigenvalue weighted by Crippen LogP contribution is -2.40. The van der Waals surface area contributed by atoms with Gasteiger partial charge >= 0.3 is 0 Å². The number of rotatable bonds is 4. The van der Waals surface area contributed by atoms with Gasteiger partial charge in [0.05, 0.1) is 0 Å². The minimum atomic E-state index is 0.208. The number of anilines is 1. The fourth-order valence-corrected chi connectivity index (χ4v) is 1.57. The second-order valence-corrected chi connectivity index (χ2v) is 5.44. The van der Waals surface area contributed by atoms with Crippen LogP contribution in [0.4, 0.5) is 5.69 Å². The van der Waals surface area contributed by atoms with E-state index in [9.17, 15) is 0 Å². The van der Waals surface area contributed by atoms with Gasteiger partial charge in [0.2, 0.25) is 0 Å². The SMILES string of the molecule is CN(C)c1ccc(CC(C)(C)N(C)C)cc1. The van der Waals surface area contributed by atoms with E-state index in [0.717, 1.165) is 6.42 Å². The van der Waals surface area contributed by atoms with E-state index in [1.165, 1.54) is 11.3 Å². The van der Waals surface area contributed by atoms with Crippen molar-refractivity contribution in [2.45, 2.75) is 25.8 Å². The summed E-state index contributed by atoms with van der Waals surface area (Å²) in [7, 11) is 8.40. The van der Waals surface area contributed by atoms with Crippen molar-refractivity contribution < 1.29 is 0 Å². The van der Waals surface area contributed by atoms with Crippen LogP contribution in [0.1, 0.15) is 19.4 Å². The Morgan fingerprint density at radius 2 is 1.44 bits per heavy atom. The number of hydrogen-bond donors (Lipinski definition) is 0. The number of benzene rings is 1. The number of likely N-dealkylation sites (N-methyl/N-ethyl adjacent to an activating group) is 1. The van der Waals surface area contributed by atoms with Crippen molar-refractivity contribution in [3.05, 3.63) is 29.8 Å². The molecular weight excluding hydrogens is 196 g/mol. The van der Waals surface area contributed by atoms with Crippen LogP contribution in [0.3, 0.4) is 0 Å². The van der Waals surface area contributed by atoms with Crippen LogP contribution in [0.2, 0.25) is 0 Å². The first kappa shape index (κ1) is 13.0. The number of nitrogens with zero attached hydrogens (tertiary/aromatic N) is 2. The third-order valence-electron chi connectivity index (χ3n) is 3.30. The topological polar surface area (TPSA) is 6.48 Å². The highest BCUT2D eigenvalue weighted by molar-refractivity contribution is 5.46. The van der Waals surface area contributed by atoms with Gasteiger partial charge in [-0.3, -0.25) is 0 Å². The van der Waals surface area contributed by atoms with Crippen molar-refractivity contribution >= 4 is 5.69 Å². The van der Waals surface area contributed by atoms with E-state index in [4.69, 9.17) is 0 Å². The van der Waals surface area contributed by atoms with Crippen molar-refractivity contribution in [3.8, 4) is 0 Å². The van der Waals surface area contributed by atoms with Crippen LogP contribution < -0.4 is 4.90 Å². The van der Waals surface area contributed by atoms with Crippen LogP contribution in [0.25, 0.3) is 0 Å². The minimum absolute atomic E-state index is 0.208. The zero-order chi connectivity index (χ0) is 12.3. The Morgan fingerprint density at radius 3 is 1.81 bits per heavy atom. The zero-order valence-corrected chi connectivity index (χ0v) is 11.4. The molecule has 90 valence electrons. The van der Waals surface area contributed by atoms with E-state index in [1.807, 2.05) is 0 Å². The summed E-state index contributed by atoms with van der Waals surface area (Å²) in [5.41, 5.74) is 2.86. The van der Waals surface area contributed by atoms with E-state index in [1.54, 1.807) is 0 Å². The van der Waals surface area contributed by atoms with Gasteiger partial charge in [-0.05, 0) is 52.1 Å². The van der Waals surface area contributed by atoms with Gasteiger partial charge in [0.15, 0.2) is 0 Å². The zero-order valence-electron chi connectivity index (χ0n) is 11.4. The van der Waals surface area contributed by atoms with Crippen LogP contribution >= 0.6 is 0 Å². The smallest absolute Gasteiger partial charge is 0.0361 e. The largest absolute Gasteiger partial charge is 0.378 e.